The molecule has 220 valence electrons. The first-order valence-electron chi connectivity index (χ1n) is 13.8. The van der Waals surface area contributed by atoms with Gasteiger partial charge in [0.05, 0.1) is 5.02 Å². The second-order valence-corrected chi connectivity index (χ2v) is 11.5. The maximum atomic E-state index is 12.3. The fourth-order valence-electron chi connectivity index (χ4n) is 5.05. The van der Waals surface area contributed by atoms with E-state index in [1.807, 2.05) is 26.0 Å². The van der Waals surface area contributed by atoms with E-state index in [0.717, 1.165) is 12.0 Å². The van der Waals surface area contributed by atoms with Gasteiger partial charge in [-0.2, -0.15) is 0 Å². The minimum absolute atomic E-state index is 0.0538. The molecule has 0 radical (unpaired) electrons. The molecule has 1 saturated carbocycles. The zero-order chi connectivity index (χ0) is 30.2. The van der Waals surface area contributed by atoms with Crippen LogP contribution in [0, 0.1) is 24.2 Å². The van der Waals surface area contributed by atoms with Gasteiger partial charge in [-0.25, -0.2) is 4.79 Å². The van der Waals surface area contributed by atoms with Gasteiger partial charge in [0, 0.05) is 43.1 Å². The van der Waals surface area contributed by atoms with Crippen LogP contribution < -0.4 is 5.32 Å². The zero-order valence-electron chi connectivity index (χ0n) is 24.4. The fraction of sp³-hybridized carbons (Fsp3) is 0.548. The lowest BCUT2D eigenvalue weighted by atomic mass is 9.61. The van der Waals surface area contributed by atoms with Crippen molar-refractivity contribution in [1.82, 2.24) is 5.32 Å². The Bertz CT molecular complexity index is 1200. The lowest BCUT2D eigenvalue weighted by Gasteiger charge is -2.42. The van der Waals surface area contributed by atoms with Crippen LogP contribution in [0.25, 0.3) is 0 Å². The van der Waals surface area contributed by atoms with E-state index in [1.165, 1.54) is 13.1 Å². The Balaban J connectivity index is 2.12. The second-order valence-electron chi connectivity index (χ2n) is 11.1. The topological polar surface area (TPSA) is 136 Å². The molecule has 2 rings (SSSR count). The highest BCUT2D eigenvalue weighted by Crippen LogP contribution is 2.45. The standard InChI is InChI=1S/C31H43ClN2O6/c1-18(14-15-31(6)19(2)11-13-26(36)21(31)4)10-12-23-28(37)24(20(3)27(32)29(23)38)17-33-16-8-7-9-25(30(39)40)34-22(5)35/h10,14-15,17,19,21,25,37-38H,7-9,11-13,16H2,1-6H3,(H,34,35)(H,39,40)/b15-14+,18-10+,33-17?/t19-,21+,25+,31+/m1/s1. The number of carboxylic acid groups (broad SMARTS) is 1. The third-order valence-corrected chi connectivity index (χ3v) is 8.79. The molecule has 40 heavy (non-hydrogen) atoms. The van der Waals surface area contributed by atoms with Crippen LogP contribution in [0.1, 0.15) is 83.4 Å². The van der Waals surface area contributed by atoms with Gasteiger partial charge in [-0.1, -0.05) is 56.2 Å². The molecule has 1 fully saturated rings. The van der Waals surface area contributed by atoms with E-state index in [1.54, 1.807) is 6.92 Å². The van der Waals surface area contributed by atoms with Gasteiger partial charge >= 0.3 is 5.97 Å². The summed E-state index contributed by atoms with van der Waals surface area (Å²) >= 11 is 6.39. The molecule has 4 N–H and O–H groups in total. The molecule has 1 aromatic carbocycles. The predicted molar refractivity (Wildman–Crippen MR) is 158 cm³/mol. The Kier molecular flexibility index (Phi) is 12.0. The summed E-state index contributed by atoms with van der Waals surface area (Å²) in [5, 5.41) is 33.4. The number of carbonyl (C=O) groups is 3. The Labute approximate surface area is 242 Å². The van der Waals surface area contributed by atoms with Crippen molar-refractivity contribution in [3.05, 3.63) is 45.5 Å². The van der Waals surface area contributed by atoms with Crippen LogP contribution in [0.3, 0.4) is 0 Å². The van der Waals surface area contributed by atoms with Crippen LogP contribution >= 0.6 is 11.6 Å². The van der Waals surface area contributed by atoms with Gasteiger partial charge in [0.2, 0.25) is 5.91 Å². The third-order valence-electron chi connectivity index (χ3n) is 8.33. The number of rotatable bonds is 12. The molecule has 0 unspecified atom stereocenters. The van der Waals surface area contributed by atoms with Gasteiger partial charge in [0.15, 0.2) is 0 Å². The molecular weight excluding hydrogens is 532 g/mol. The van der Waals surface area contributed by atoms with Crippen molar-refractivity contribution in [3.8, 4) is 11.5 Å². The van der Waals surface area contributed by atoms with E-state index in [4.69, 9.17) is 11.6 Å². The van der Waals surface area contributed by atoms with E-state index in [-0.39, 0.29) is 40.7 Å². The molecule has 0 spiro atoms. The monoisotopic (exact) mass is 574 g/mol. The number of ketones is 1. The van der Waals surface area contributed by atoms with Crippen LogP contribution in [-0.2, 0) is 20.8 Å². The zero-order valence-corrected chi connectivity index (χ0v) is 25.1. The second kappa shape index (κ2) is 14.5. The number of amides is 1. The summed E-state index contributed by atoms with van der Waals surface area (Å²) in [4.78, 5) is 39.1. The van der Waals surface area contributed by atoms with Gasteiger partial charge in [-0.3, -0.25) is 14.6 Å². The van der Waals surface area contributed by atoms with Gasteiger partial charge in [-0.15, -0.1) is 0 Å². The van der Waals surface area contributed by atoms with Crippen molar-refractivity contribution in [2.45, 2.75) is 86.1 Å². The summed E-state index contributed by atoms with van der Waals surface area (Å²) in [5.74, 6) is -1.12. The van der Waals surface area contributed by atoms with Gasteiger partial charge in [0.1, 0.15) is 23.3 Å². The number of Topliss-reactive ketones (excluding diaryl/α,β-unsaturated/α-hetero) is 1. The Morgan fingerprint density at radius 2 is 1.88 bits per heavy atom. The number of phenols is 2. The van der Waals surface area contributed by atoms with Gasteiger partial charge < -0.3 is 20.6 Å². The predicted octanol–water partition coefficient (Wildman–Crippen LogP) is 5.92. The molecule has 1 aliphatic rings. The number of unbranched alkanes of at least 4 members (excludes halogenated alkanes) is 1. The largest absolute Gasteiger partial charge is 0.507 e. The van der Waals surface area contributed by atoms with Crippen molar-refractivity contribution >= 4 is 35.5 Å². The summed E-state index contributed by atoms with van der Waals surface area (Å²) in [6.45, 7) is 11.6. The molecule has 0 saturated heterocycles. The summed E-state index contributed by atoms with van der Waals surface area (Å²) in [7, 11) is 0. The van der Waals surface area contributed by atoms with Crippen LogP contribution in [0.4, 0.5) is 0 Å². The number of nitrogens with one attached hydrogen (secondary N) is 1. The maximum absolute atomic E-state index is 12.3. The van der Waals surface area contributed by atoms with E-state index in [2.05, 4.69) is 30.2 Å². The number of aliphatic imine (C=N–C) groups is 1. The van der Waals surface area contributed by atoms with E-state index >= 15 is 0 Å². The molecule has 8 nitrogen and oxygen atoms in total. The normalized spacial score (nSPS) is 22.7. The highest BCUT2D eigenvalue weighted by Gasteiger charge is 2.41. The van der Waals surface area contributed by atoms with Crippen LogP contribution in [0.2, 0.25) is 5.02 Å². The average Bonchev–Trinajstić information content (AvgIpc) is 2.90. The van der Waals surface area contributed by atoms with Crippen molar-refractivity contribution in [2.75, 3.05) is 6.54 Å². The minimum atomic E-state index is -1.08. The molecule has 0 aromatic heterocycles. The number of hydrogen-bond donors (Lipinski definition) is 4. The van der Waals surface area contributed by atoms with Crippen molar-refractivity contribution in [2.24, 2.45) is 22.2 Å². The first kappa shape index (κ1) is 33.1. The molecule has 1 aromatic rings. The third kappa shape index (κ3) is 8.19. The van der Waals surface area contributed by atoms with Gasteiger partial charge in [-0.05, 0) is 62.8 Å². The Morgan fingerprint density at radius 3 is 2.50 bits per heavy atom. The van der Waals surface area contributed by atoms with E-state index in [9.17, 15) is 29.7 Å². The number of carboxylic acids is 1. The average molecular weight is 575 g/mol. The molecule has 0 bridgehead atoms. The number of halogens is 1. The van der Waals surface area contributed by atoms with Crippen LogP contribution in [0.5, 0.6) is 11.5 Å². The lowest BCUT2D eigenvalue weighted by molar-refractivity contribution is -0.141. The molecule has 1 aliphatic carbocycles. The summed E-state index contributed by atoms with van der Waals surface area (Å²) < 4.78 is 0. The highest BCUT2D eigenvalue weighted by molar-refractivity contribution is 6.33. The lowest BCUT2D eigenvalue weighted by Crippen LogP contribution is -2.40. The number of phenolic OH excluding ortho intramolecular Hbond substituents is 2. The molecule has 1 amide bonds. The number of nitrogens with zero attached hydrogens (tertiary/aromatic N) is 1. The van der Waals surface area contributed by atoms with E-state index < -0.39 is 17.9 Å². The van der Waals surface area contributed by atoms with Crippen molar-refractivity contribution in [3.63, 3.8) is 0 Å². The number of aromatic hydroxyl groups is 2. The first-order valence-corrected chi connectivity index (χ1v) is 14.2. The quantitative estimate of drug-likeness (QED) is 0.139. The minimum Gasteiger partial charge on any atom is -0.507 e. The van der Waals surface area contributed by atoms with Crippen molar-refractivity contribution < 1.29 is 29.7 Å². The molecule has 0 heterocycles. The number of hydrogen-bond acceptors (Lipinski definition) is 6. The fourth-order valence-corrected chi connectivity index (χ4v) is 5.27. The van der Waals surface area contributed by atoms with Gasteiger partial charge in [0.25, 0.3) is 0 Å². The van der Waals surface area contributed by atoms with E-state index in [0.29, 0.717) is 54.2 Å². The van der Waals surface area contributed by atoms with Crippen molar-refractivity contribution in [1.29, 1.82) is 0 Å². The molecule has 0 aliphatic heterocycles. The number of carbonyl (C=O) groups excluding carboxylic acids is 2. The Hall–Kier alpha value is -3.13. The molecular formula is C31H43ClN2O6. The number of benzene rings is 1. The van der Waals surface area contributed by atoms with Crippen LogP contribution in [0.15, 0.2) is 28.8 Å². The maximum Gasteiger partial charge on any atom is 0.326 e. The molecule has 4 atom stereocenters. The number of allylic oxidation sites excluding steroid dienone is 4. The molecule has 9 heteroatoms. The first-order chi connectivity index (χ1) is 18.7. The highest BCUT2D eigenvalue weighted by atomic mass is 35.5. The SMILES string of the molecule is CC(=O)N[C@@H](CCCCN=Cc1c(C)c(Cl)c(O)c(C/C=C(C)/C=C/[C@@]2(C)[C@H](C)CCC(=O)[C@@H]2C)c1O)C(=O)O. The smallest absolute Gasteiger partial charge is 0.326 e. The Morgan fingerprint density at radius 1 is 1.20 bits per heavy atom. The summed E-state index contributed by atoms with van der Waals surface area (Å²) in [5.41, 5.74) is 1.91. The number of aliphatic carboxylic acids is 1. The summed E-state index contributed by atoms with van der Waals surface area (Å²) in [6.07, 6.45) is 10.7. The van der Waals surface area contributed by atoms with Crippen LogP contribution in [-0.4, -0.2) is 51.8 Å². The summed E-state index contributed by atoms with van der Waals surface area (Å²) in [6, 6.07) is -0.933.